The van der Waals surface area contributed by atoms with E-state index in [4.69, 9.17) is 9.47 Å². The van der Waals surface area contributed by atoms with Crippen molar-refractivity contribution in [3.63, 3.8) is 0 Å². The highest BCUT2D eigenvalue weighted by molar-refractivity contribution is 5.89. The molecule has 126 valence electrons. The second kappa shape index (κ2) is 7.05. The molecule has 4 heteroatoms. The average Bonchev–Trinajstić information content (AvgIpc) is 2.89. The number of fused-ring (bicyclic) bond motifs is 1. The second-order valence-electron chi connectivity index (χ2n) is 6.31. The molecule has 0 aromatic rings. The van der Waals surface area contributed by atoms with Crippen molar-refractivity contribution in [1.82, 2.24) is 0 Å². The summed E-state index contributed by atoms with van der Waals surface area (Å²) in [5.41, 5.74) is 3.99. The molecule has 2 aliphatic carbocycles. The number of carbonyl (C=O) groups is 1. The molecule has 1 aliphatic heterocycles. The normalized spacial score (nSPS) is 29.0. The summed E-state index contributed by atoms with van der Waals surface area (Å²) in [4.78, 5) is 11.9. The predicted molar refractivity (Wildman–Crippen MR) is 91.6 cm³/mol. The van der Waals surface area contributed by atoms with Gasteiger partial charge in [0.25, 0.3) is 0 Å². The first-order valence-electron chi connectivity index (χ1n) is 8.13. The number of esters is 1. The van der Waals surface area contributed by atoms with Crippen LogP contribution in [0.15, 0.2) is 71.1 Å². The van der Waals surface area contributed by atoms with Gasteiger partial charge in [-0.15, -0.1) is 0 Å². The van der Waals surface area contributed by atoms with Crippen molar-refractivity contribution in [1.29, 1.82) is 0 Å². The molecule has 0 saturated carbocycles. The van der Waals surface area contributed by atoms with Crippen LogP contribution >= 0.6 is 0 Å². The van der Waals surface area contributed by atoms with E-state index in [1.54, 1.807) is 0 Å². The fraction of sp³-hybridized carbons (Fsp3) is 0.350. The molecule has 4 nitrogen and oxygen atoms in total. The fourth-order valence-electron chi connectivity index (χ4n) is 3.43. The van der Waals surface area contributed by atoms with E-state index in [2.05, 4.69) is 31.2 Å². The lowest BCUT2D eigenvalue weighted by Crippen LogP contribution is -2.34. The van der Waals surface area contributed by atoms with Crippen molar-refractivity contribution >= 4 is 5.97 Å². The molecule has 3 atom stereocenters. The lowest BCUT2D eigenvalue weighted by Gasteiger charge is -2.31. The third kappa shape index (κ3) is 3.29. The van der Waals surface area contributed by atoms with E-state index in [9.17, 15) is 9.90 Å². The molecule has 1 N–H and O–H groups in total. The van der Waals surface area contributed by atoms with Gasteiger partial charge in [-0.2, -0.15) is 0 Å². The highest BCUT2D eigenvalue weighted by atomic mass is 16.6. The number of hydrogen-bond acceptors (Lipinski definition) is 4. The van der Waals surface area contributed by atoms with Gasteiger partial charge in [-0.05, 0) is 30.9 Å². The third-order valence-electron chi connectivity index (χ3n) is 4.66. The minimum Gasteiger partial charge on any atom is -0.471 e. The minimum atomic E-state index is -0.938. The van der Waals surface area contributed by atoms with E-state index in [1.165, 1.54) is 24.5 Å². The lowest BCUT2D eigenvalue weighted by atomic mass is 9.83. The van der Waals surface area contributed by atoms with Gasteiger partial charge in [0.05, 0.1) is 24.9 Å². The maximum Gasteiger partial charge on any atom is 0.337 e. The Hall–Kier alpha value is -2.33. The van der Waals surface area contributed by atoms with Gasteiger partial charge in [-0.25, -0.2) is 4.79 Å². The van der Waals surface area contributed by atoms with Gasteiger partial charge < -0.3 is 14.6 Å². The molecule has 0 bridgehead atoms. The van der Waals surface area contributed by atoms with Crippen molar-refractivity contribution in [2.75, 3.05) is 7.11 Å². The Kier molecular flexibility index (Phi) is 4.86. The molecule has 0 amide bonds. The van der Waals surface area contributed by atoms with Crippen LogP contribution in [0.4, 0.5) is 0 Å². The van der Waals surface area contributed by atoms with Crippen LogP contribution in [0.1, 0.15) is 19.8 Å². The summed E-state index contributed by atoms with van der Waals surface area (Å²) in [5, 5.41) is 10.2. The summed E-state index contributed by atoms with van der Waals surface area (Å²) < 4.78 is 10.1. The van der Waals surface area contributed by atoms with Crippen molar-refractivity contribution in [3.8, 4) is 0 Å². The Bertz CT molecular complexity index is 703. The van der Waals surface area contributed by atoms with E-state index in [0.29, 0.717) is 12.0 Å². The van der Waals surface area contributed by atoms with Gasteiger partial charge in [-0.1, -0.05) is 48.1 Å². The molecule has 0 aromatic heterocycles. The van der Waals surface area contributed by atoms with E-state index in [-0.39, 0.29) is 11.8 Å². The largest absolute Gasteiger partial charge is 0.471 e. The maximum atomic E-state index is 11.9. The van der Waals surface area contributed by atoms with E-state index < -0.39 is 12.3 Å². The standard InChI is InChI=1S/C20H22O4/c1-13-5-3-4-6-14(11-13)7-8-15-9-10-16-17(19(21)23-2)12-24-20(22)18(15)16/h3-9,12,16,18,20,22H,10-11H2,1-2H3/b8-7+. The Labute approximate surface area is 142 Å². The van der Waals surface area contributed by atoms with Crippen molar-refractivity contribution in [2.24, 2.45) is 11.8 Å². The molecular formula is C20H22O4. The van der Waals surface area contributed by atoms with Gasteiger partial charge in [0.15, 0.2) is 0 Å². The summed E-state index contributed by atoms with van der Waals surface area (Å²) in [7, 11) is 1.36. The van der Waals surface area contributed by atoms with E-state index >= 15 is 0 Å². The molecule has 3 unspecified atom stereocenters. The molecule has 0 aromatic carbocycles. The first-order valence-corrected chi connectivity index (χ1v) is 8.13. The zero-order valence-electron chi connectivity index (χ0n) is 13.9. The number of ether oxygens (including phenoxy) is 2. The van der Waals surface area contributed by atoms with E-state index in [1.807, 2.05) is 18.2 Å². The SMILES string of the molecule is COC(=O)C1=COC(O)C2C(/C=C/C3=CC=CC=C(C)C3)=CCC12. The number of methoxy groups -OCH3 is 1. The number of carbonyl (C=O) groups excluding carboxylic acids is 1. The Morgan fingerprint density at radius 1 is 1.33 bits per heavy atom. The molecule has 0 fully saturated rings. The van der Waals surface area contributed by atoms with Crippen LogP contribution in [-0.2, 0) is 14.3 Å². The molecule has 1 heterocycles. The third-order valence-corrected chi connectivity index (χ3v) is 4.66. The lowest BCUT2D eigenvalue weighted by molar-refractivity contribution is -0.141. The predicted octanol–water partition coefficient (Wildman–Crippen LogP) is 3.34. The van der Waals surface area contributed by atoms with Crippen LogP contribution in [0.5, 0.6) is 0 Å². The summed E-state index contributed by atoms with van der Waals surface area (Å²) in [6.07, 6.45) is 16.4. The van der Waals surface area contributed by atoms with Gasteiger partial charge in [0.2, 0.25) is 6.29 Å². The number of rotatable bonds is 3. The summed E-state index contributed by atoms with van der Waals surface area (Å²) in [5.74, 6) is -0.725. The zero-order chi connectivity index (χ0) is 17.1. The molecule has 0 spiro atoms. The van der Waals surface area contributed by atoms with Gasteiger partial charge in [-0.3, -0.25) is 0 Å². The molecule has 3 aliphatic rings. The van der Waals surface area contributed by atoms with Gasteiger partial charge in [0.1, 0.15) is 0 Å². The van der Waals surface area contributed by atoms with Gasteiger partial charge >= 0.3 is 5.97 Å². The van der Waals surface area contributed by atoms with Crippen molar-refractivity contribution < 1.29 is 19.4 Å². The zero-order valence-corrected chi connectivity index (χ0v) is 13.9. The number of aliphatic hydroxyl groups excluding tert-OH is 1. The smallest absolute Gasteiger partial charge is 0.337 e. The monoisotopic (exact) mass is 326 g/mol. The van der Waals surface area contributed by atoms with Gasteiger partial charge in [0, 0.05) is 5.92 Å². The maximum absolute atomic E-state index is 11.9. The van der Waals surface area contributed by atoms with Crippen LogP contribution in [-0.4, -0.2) is 24.5 Å². The van der Waals surface area contributed by atoms with Crippen LogP contribution in [0, 0.1) is 11.8 Å². The van der Waals surface area contributed by atoms with Crippen molar-refractivity contribution in [3.05, 3.63) is 71.1 Å². The van der Waals surface area contributed by atoms with Crippen LogP contribution in [0.25, 0.3) is 0 Å². The summed E-state index contributed by atoms with van der Waals surface area (Å²) >= 11 is 0. The fourth-order valence-corrected chi connectivity index (χ4v) is 3.43. The topological polar surface area (TPSA) is 55.8 Å². The molecular weight excluding hydrogens is 304 g/mol. The van der Waals surface area contributed by atoms with Crippen LogP contribution < -0.4 is 0 Å². The van der Waals surface area contributed by atoms with Crippen LogP contribution in [0.3, 0.4) is 0 Å². The Morgan fingerprint density at radius 2 is 2.12 bits per heavy atom. The molecule has 3 rings (SSSR count). The quantitative estimate of drug-likeness (QED) is 0.808. The molecule has 0 saturated heterocycles. The highest BCUT2D eigenvalue weighted by Crippen LogP contribution is 2.43. The highest BCUT2D eigenvalue weighted by Gasteiger charge is 2.42. The first kappa shape index (κ1) is 16.5. The average molecular weight is 326 g/mol. The number of hydrogen-bond donors (Lipinski definition) is 1. The first-order chi connectivity index (χ1) is 11.6. The Balaban J connectivity index is 1.77. The molecule has 0 radical (unpaired) electrons. The number of aliphatic hydroxyl groups is 1. The van der Waals surface area contributed by atoms with Crippen LogP contribution in [0.2, 0.25) is 0 Å². The molecule has 24 heavy (non-hydrogen) atoms. The minimum absolute atomic E-state index is 0.0921. The summed E-state index contributed by atoms with van der Waals surface area (Å²) in [6.45, 7) is 2.11. The summed E-state index contributed by atoms with van der Waals surface area (Å²) in [6, 6.07) is 0. The Morgan fingerprint density at radius 3 is 2.92 bits per heavy atom. The van der Waals surface area contributed by atoms with E-state index in [0.717, 1.165) is 12.0 Å². The van der Waals surface area contributed by atoms with Crippen molar-refractivity contribution in [2.45, 2.75) is 26.1 Å². The number of allylic oxidation sites excluding steroid dienone is 9. The second-order valence-corrected chi connectivity index (χ2v) is 6.31.